The van der Waals surface area contributed by atoms with Crippen LogP contribution in [0.15, 0.2) is 36.4 Å². The Hall–Kier alpha value is -3.48. The van der Waals surface area contributed by atoms with Gasteiger partial charge in [0, 0.05) is 23.6 Å². The summed E-state index contributed by atoms with van der Waals surface area (Å²) in [6.45, 7) is 2.00. The second kappa shape index (κ2) is 8.68. The van der Waals surface area contributed by atoms with Gasteiger partial charge in [-0.05, 0) is 43.3 Å². The number of rotatable bonds is 6. The highest BCUT2D eigenvalue weighted by Gasteiger charge is 2.21. The summed E-state index contributed by atoms with van der Waals surface area (Å²) in [7, 11) is 4.27. The number of fused-ring (bicyclic) bond motifs is 1. The van der Waals surface area contributed by atoms with Crippen molar-refractivity contribution in [3.05, 3.63) is 53.1 Å². The summed E-state index contributed by atoms with van der Waals surface area (Å²) >= 11 is 0. The van der Waals surface area contributed by atoms with E-state index in [1.807, 2.05) is 19.1 Å². The highest BCUT2D eigenvalue weighted by atomic mass is 16.6. The first-order valence-electron chi connectivity index (χ1n) is 8.99. The number of carbonyl (C=O) groups excluding carboxylic acids is 2. The third-order valence-corrected chi connectivity index (χ3v) is 4.44. The predicted molar refractivity (Wildman–Crippen MR) is 106 cm³/mol. The van der Waals surface area contributed by atoms with Crippen molar-refractivity contribution < 1.29 is 33.3 Å². The number of carbonyl (C=O) groups is 2. The maximum atomic E-state index is 12.3. The Labute approximate surface area is 168 Å². The standard InChI is InChI=1S/C22H22O7/c1-13-9-16-12-18(25-2)14(10-19(16)28-13)6-8-21(23)29-17-7-5-15(22(24)27-4)11-20(17)26-3/h5-8,10-13H,9H2,1-4H3/b8-6+/t13-/m0/s1. The van der Waals surface area contributed by atoms with Crippen LogP contribution < -0.4 is 18.9 Å². The van der Waals surface area contributed by atoms with Gasteiger partial charge in [-0.2, -0.15) is 0 Å². The van der Waals surface area contributed by atoms with Gasteiger partial charge in [0.25, 0.3) is 0 Å². The van der Waals surface area contributed by atoms with E-state index in [0.29, 0.717) is 11.3 Å². The molecule has 0 amide bonds. The number of hydrogen-bond acceptors (Lipinski definition) is 7. The molecule has 1 heterocycles. The van der Waals surface area contributed by atoms with Crippen molar-refractivity contribution >= 4 is 18.0 Å². The second-order valence-electron chi connectivity index (χ2n) is 6.45. The summed E-state index contributed by atoms with van der Waals surface area (Å²) in [5.74, 6) is 0.740. The lowest BCUT2D eigenvalue weighted by atomic mass is 10.1. The monoisotopic (exact) mass is 398 g/mol. The predicted octanol–water partition coefficient (Wildman–Crippen LogP) is 3.43. The van der Waals surface area contributed by atoms with Crippen LogP contribution in [0.25, 0.3) is 6.08 Å². The lowest BCUT2D eigenvalue weighted by molar-refractivity contribution is -0.129. The smallest absolute Gasteiger partial charge is 0.337 e. The van der Waals surface area contributed by atoms with E-state index >= 15 is 0 Å². The molecule has 0 fully saturated rings. The normalized spacial score (nSPS) is 14.8. The van der Waals surface area contributed by atoms with Crippen LogP contribution in [0.3, 0.4) is 0 Å². The van der Waals surface area contributed by atoms with E-state index in [1.165, 1.54) is 38.5 Å². The number of methoxy groups -OCH3 is 3. The molecular weight excluding hydrogens is 376 g/mol. The first kappa shape index (κ1) is 20.3. The summed E-state index contributed by atoms with van der Waals surface area (Å²) in [6, 6.07) is 8.16. The molecule has 2 aromatic carbocycles. The van der Waals surface area contributed by atoms with Crippen LogP contribution in [0.1, 0.15) is 28.4 Å². The maximum absolute atomic E-state index is 12.3. The van der Waals surface area contributed by atoms with Gasteiger partial charge in [-0.25, -0.2) is 9.59 Å². The van der Waals surface area contributed by atoms with Crippen LogP contribution in [-0.2, 0) is 16.0 Å². The topological polar surface area (TPSA) is 80.3 Å². The minimum atomic E-state index is -0.606. The zero-order valence-electron chi connectivity index (χ0n) is 16.7. The number of ether oxygens (including phenoxy) is 5. The van der Waals surface area contributed by atoms with Crippen LogP contribution in [-0.4, -0.2) is 39.4 Å². The van der Waals surface area contributed by atoms with E-state index < -0.39 is 11.9 Å². The van der Waals surface area contributed by atoms with Crippen LogP contribution in [0.4, 0.5) is 0 Å². The fraction of sp³-hybridized carbons (Fsp3) is 0.273. The summed E-state index contributed by atoms with van der Waals surface area (Å²) in [6.07, 6.45) is 3.82. The van der Waals surface area contributed by atoms with E-state index in [0.717, 1.165) is 17.7 Å². The molecule has 0 unspecified atom stereocenters. The molecule has 1 aliphatic rings. The van der Waals surface area contributed by atoms with Crippen molar-refractivity contribution in [2.75, 3.05) is 21.3 Å². The highest BCUT2D eigenvalue weighted by Crippen LogP contribution is 2.35. The molecule has 1 aliphatic heterocycles. The number of benzene rings is 2. The lowest BCUT2D eigenvalue weighted by Gasteiger charge is -2.10. The first-order chi connectivity index (χ1) is 13.9. The maximum Gasteiger partial charge on any atom is 0.337 e. The molecule has 3 rings (SSSR count). The molecule has 0 saturated carbocycles. The molecule has 0 radical (unpaired) electrons. The summed E-state index contributed by atoms with van der Waals surface area (Å²) in [5, 5.41) is 0. The number of hydrogen-bond donors (Lipinski definition) is 0. The Kier molecular flexibility index (Phi) is 6.07. The summed E-state index contributed by atoms with van der Waals surface area (Å²) < 4.78 is 26.4. The van der Waals surface area contributed by atoms with Crippen molar-refractivity contribution in [3.8, 4) is 23.0 Å². The van der Waals surface area contributed by atoms with Crippen LogP contribution in [0.2, 0.25) is 0 Å². The van der Waals surface area contributed by atoms with Gasteiger partial charge in [-0.15, -0.1) is 0 Å². The fourth-order valence-electron chi connectivity index (χ4n) is 3.06. The Morgan fingerprint density at radius 1 is 1.03 bits per heavy atom. The molecule has 0 bridgehead atoms. The molecular formula is C22H22O7. The molecule has 1 atom stereocenters. The molecule has 0 aliphatic carbocycles. The average Bonchev–Trinajstić information content (AvgIpc) is 3.09. The minimum Gasteiger partial charge on any atom is -0.496 e. The zero-order chi connectivity index (χ0) is 21.0. The number of esters is 2. The molecule has 152 valence electrons. The molecule has 0 saturated heterocycles. The molecule has 0 spiro atoms. The third-order valence-electron chi connectivity index (χ3n) is 4.44. The van der Waals surface area contributed by atoms with Crippen molar-refractivity contribution in [1.82, 2.24) is 0 Å². The Bertz CT molecular complexity index is 962. The SMILES string of the molecule is COC(=O)c1ccc(OC(=O)/C=C/c2cc3c(cc2OC)C[C@H](C)O3)c(OC)c1. The van der Waals surface area contributed by atoms with Crippen molar-refractivity contribution in [1.29, 1.82) is 0 Å². The zero-order valence-corrected chi connectivity index (χ0v) is 16.7. The largest absolute Gasteiger partial charge is 0.496 e. The van der Waals surface area contributed by atoms with Crippen molar-refractivity contribution in [3.63, 3.8) is 0 Å². The van der Waals surface area contributed by atoms with Gasteiger partial charge in [0.05, 0.1) is 26.9 Å². The minimum absolute atomic E-state index is 0.110. The van der Waals surface area contributed by atoms with Gasteiger partial charge in [0.2, 0.25) is 0 Å². The molecule has 0 aromatic heterocycles. The van der Waals surface area contributed by atoms with Crippen LogP contribution in [0.5, 0.6) is 23.0 Å². The van der Waals surface area contributed by atoms with Crippen LogP contribution >= 0.6 is 0 Å². The molecule has 7 heteroatoms. The first-order valence-corrected chi connectivity index (χ1v) is 8.99. The third kappa shape index (κ3) is 4.51. The molecule has 29 heavy (non-hydrogen) atoms. The fourth-order valence-corrected chi connectivity index (χ4v) is 3.06. The molecule has 2 aromatic rings. The van der Waals surface area contributed by atoms with Gasteiger partial charge in [0.1, 0.15) is 17.6 Å². The van der Waals surface area contributed by atoms with Gasteiger partial charge >= 0.3 is 11.9 Å². The van der Waals surface area contributed by atoms with Gasteiger partial charge in [-0.3, -0.25) is 0 Å². The van der Waals surface area contributed by atoms with Crippen LogP contribution in [0, 0.1) is 0 Å². The van der Waals surface area contributed by atoms with E-state index in [-0.39, 0.29) is 23.2 Å². The molecule has 0 N–H and O–H groups in total. The summed E-state index contributed by atoms with van der Waals surface area (Å²) in [4.78, 5) is 23.9. The quantitative estimate of drug-likeness (QED) is 0.419. The average molecular weight is 398 g/mol. The Morgan fingerprint density at radius 2 is 1.79 bits per heavy atom. The lowest BCUT2D eigenvalue weighted by Crippen LogP contribution is -2.07. The second-order valence-corrected chi connectivity index (χ2v) is 6.45. The summed E-state index contributed by atoms with van der Waals surface area (Å²) in [5.41, 5.74) is 2.06. The van der Waals surface area contributed by atoms with Crippen molar-refractivity contribution in [2.45, 2.75) is 19.4 Å². The van der Waals surface area contributed by atoms with Gasteiger partial charge in [-0.1, -0.05) is 0 Å². The van der Waals surface area contributed by atoms with E-state index in [2.05, 4.69) is 4.74 Å². The highest BCUT2D eigenvalue weighted by molar-refractivity contribution is 5.92. The van der Waals surface area contributed by atoms with Gasteiger partial charge < -0.3 is 23.7 Å². The van der Waals surface area contributed by atoms with E-state index in [9.17, 15) is 9.59 Å². The van der Waals surface area contributed by atoms with E-state index in [1.54, 1.807) is 13.2 Å². The van der Waals surface area contributed by atoms with Gasteiger partial charge in [0.15, 0.2) is 11.5 Å². The Morgan fingerprint density at radius 3 is 2.48 bits per heavy atom. The Balaban J connectivity index is 1.77. The molecule has 7 nitrogen and oxygen atoms in total. The van der Waals surface area contributed by atoms with E-state index in [4.69, 9.17) is 18.9 Å². The van der Waals surface area contributed by atoms with Crippen molar-refractivity contribution in [2.24, 2.45) is 0 Å².